The van der Waals surface area contributed by atoms with Crippen LogP contribution >= 0.6 is 0 Å². The van der Waals surface area contributed by atoms with Gasteiger partial charge in [0, 0.05) is 49.7 Å². The fraction of sp³-hybridized carbons (Fsp3) is 0.381. The minimum absolute atomic E-state index is 0.00548. The van der Waals surface area contributed by atoms with Crippen LogP contribution in [0.4, 0.5) is 0 Å². The molecule has 3 aromatic rings. The van der Waals surface area contributed by atoms with E-state index in [4.69, 9.17) is 9.72 Å². The van der Waals surface area contributed by atoms with Crippen molar-refractivity contribution in [1.29, 1.82) is 0 Å². The van der Waals surface area contributed by atoms with Crippen LogP contribution in [0, 0.1) is 12.8 Å². The summed E-state index contributed by atoms with van der Waals surface area (Å²) in [6.07, 6.45) is 4.72. The highest BCUT2D eigenvalue weighted by Crippen LogP contribution is 2.28. The van der Waals surface area contributed by atoms with E-state index in [1.54, 1.807) is 17.7 Å². The molecule has 0 N–H and O–H groups in total. The van der Waals surface area contributed by atoms with Crippen molar-refractivity contribution >= 4 is 17.3 Å². The smallest absolute Gasteiger partial charge is 0.253 e. The summed E-state index contributed by atoms with van der Waals surface area (Å²) in [7, 11) is 1.76. The molecule has 6 nitrogen and oxygen atoms in total. The van der Waals surface area contributed by atoms with E-state index in [2.05, 4.69) is 4.57 Å². The molecule has 0 bridgehead atoms. The van der Waals surface area contributed by atoms with Crippen LogP contribution in [0.2, 0.25) is 0 Å². The Morgan fingerprint density at radius 2 is 2.04 bits per heavy atom. The van der Waals surface area contributed by atoms with Gasteiger partial charge in [-0.05, 0) is 49.9 Å². The van der Waals surface area contributed by atoms with Gasteiger partial charge in [-0.15, -0.1) is 0 Å². The largest absolute Gasteiger partial charge is 0.381 e. The van der Waals surface area contributed by atoms with Crippen LogP contribution in [-0.4, -0.2) is 33.6 Å². The molecular weight excluding hydrogens is 342 g/mol. The van der Waals surface area contributed by atoms with Crippen LogP contribution in [-0.2, 0) is 18.3 Å². The first-order valence-corrected chi connectivity index (χ1v) is 9.27. The second-order valence-corrected chi connectivity index (χ2v) is 7.30. The molecule has 0 spiro atoms. The molecule has 3 heterocycles. The van der Waals surface area contributed by atoms with Crippen molar-refractivity contribution in [2.75, 3.05) is 13.2 Å². The van der Waals surface area contributed by atoms with Crippen LogP contribution in [0.25, 0.3) is 22.4 Å². The summed E-state index contributed by atoms with van der Waals surface area (Å²) in [5, 5.41) is 0. The Balaban J connectivity index is 1.89. The quantitative estimate of drug-likeness (QED) is 0.667. The number of fused-ring (bicyclic) bond motifs is 1. The first-order valence-electron chi connectivity index (χ1n) is 9.27. The SMILES string of the molecule is Cc1cc(-c2nc3ccc(C=O)cc3n2CC2CCOCC2)cn(C)c1=O. The molecule has 140 valence electrons. The Kier molecular flexibility index (Phi) is 4.66. The number of nitrogens with zero attached hydrogens (tertiary/aromatic N) is 3. The molecule has 1 saturated heterocycles. The maximum Gasteiger partial charge on any atom is 0.253 e. The minimum Gasteiger partial charge on any atom is -0.381 e. The van der Waals surface area contributed by atoms with E-state index < -0.39 is 0 Å². The van der Waals surface area contributed by atoms with Crippen molar-refractivity contribution < 1.29 is 9.53 Å². The molecule has 2 aromatic heterocycles. The lowest BCUT2D eigenvalue weighted by atomic mass is 10.00. The zero-order chi connectivity index (χ0) is 19.0. The van der Waals surface area contributed by atoms with Crippen molar-refractivity contribution in [2.45, 2.75) is 26.3 Å². The number of imidazole rings is 1. The maximum atomic E-state index is 12.1. The van der Waals surface area contributed by atoms with Crippen molar-refractivity contribution in [3.8, 4) is 11.4 Å². The van der Waals surface area contributed by atoms with Crippen molar-refractivity contribution in [2.24, 2.45) is 13.0 Å². The Labute approximate surface area is 157 Å². The van der Waals surface area contributed by atoms with Gasteiger partial charge in [0.25, 0.3) is 5.56 Å². The first-order chi connectivity index (χ1) is 13.1. The van der Waals surface area contributed by atoms with Crippen LogP contribution in [0.15, 0.2) is 35.3 Å². The van der Waals surface area contributed by atoms with Gasteiger partial charge < -0.3 is 13.9 Å². The van der Waals surface area contributed by atoms with Gasteiger partial charge >= 0.3 is 0 Å². The predicted octanol–water partition coefficient (Wildman–Crippen LogP) is 2.95. The number of benzene rings is 1. The Morgan fingerprint density at radius 1 is 1.26 bits per heavy atom. The number of pyridine rings is 1. The summed E-state index contributed by atoms with van der Waals surface area (Å²) >= 11 is 0. The number of hydrogen-bond acceptors (Lipinski definition) is 4. The zero-order valence-electron chi connectivity index (χ0n) is 15.6. The van der Waals surface area contributed by atoms with Gasteiger partial charge in [0.1, 0.15) is 12.1 Å². The summed E-state index contributed by atoms with van der Waals surface area (Å²) in [4.78, 5) is 28.2. The number of hydrogen-bond donors (Lipinski definition) is 0. The average Bonchev–Trinajstić information content (AvgIpc) is 3.04. The Bertz CT molecular complexity index is 1030. The van der Waals surface area contributed by atoms with Gasteiger partial charge in [-0.3, -0.25) is 9.59 Å². The van der Waals surface area contributed by atoms with Gasteiger partial charge in [0.15, 0.2) is 0 Å². The number of aldehydes is 1. The van der Waals surface area contributed by atoms with Crippen LogP contribution in [0.3, 0.4) is 0 Å². The second-order valence-electron chi connectivity index (χ2n) is 7.30. The van der Waals surface area contributed by atoms with Gasteiger partial charge in [0.2, 0.25) is 0 Å². The van der Waals surface area contributed by atoms with E-state index in [0.717, 1.165) is 61.3 Å². The highest BCUT2D eigenvalue weighted by atomic mass is 16.5. The molecule has 0 aliphatic carbocycles. The molecule has 0 unspecified atom stereocenters. The standard InChI is InChI=1S/C21H23N3O3/c1-14-9-17(12-23(2)21(14)26)20-22-18-4-3-16(13-25)10-19(18)24(20)11-15-5-7-27-8-6-15/h3-4,9-10,12-13,15H,5-8,11H2,1-2H3. The average molecular weight is 365 g/mol. The fourth-order valence-corrected chi connectivity index (χ4v) is 3.81. The predicted molar refractivity (Wildman–Crippen MR) is 104 cm³/mol. The third kappa shape index (κ3) is 3.32. The number of carbonyl (C=O) groups excluding carboxylic acids is 1. The molecular formula is C21H23N3O3. The molecule has 1 aromatic carbocycles. The van der Waals surface area contributed by atoms with Crippen LogP contribution in [0.5, 0.6) is 0 Å². The lowest BCUT2D eigenvalue weighted by Crippen LogP contribution is -2.21. The first kappa shape index (κ1) is 17.7. The molecule has 27 heavy (non-hydrogen) atoms. The van der Waals surface area contributed by atoms with Crippen LogP contribution < -0.4 is 5.56 Å². The molecule has 0 amide bonds. The third-order valence-electron chi connectivity index (χ3n) is 5.31. The Hall–Kier alpha value is -2.73. The fourth-order valence-electron chi connectivity index (χ4n) is 3.81. The summed E-state index contributed by atoms with van der Waals surface area (Å²) in [5.41, 5.74) is 4.04. The highest BCUT2D eigenvalue weighted by molar-refractivity contribution is 5.87. The van der Waals surface area contributed by atoms with E-state index in [9.17, 15) is 9.59 Å². The number of rotatable bonds is 4. The summed E-state index contributed by atoms with van der Waals surface area (Å²) in [6, 6.07) is 7.46. The van der Waals surface area contributed by atoms with Gasteiger partial charge in [-0.2, -0.15) is 0 Å². The van der Waals surface area contributed by atoms with Crippen molar-refractivity contribution in [1.82, 2.24) is 14.1 Å². The van der Waals surface area contributed by atoms with Gasteiger partial charge in [-0.1, -0.05) is 0 Å². The number of aryl methyl sites for hydroxylation is 2. The molecule has 1 fully saturated rings. The lowest BCUT2D eigenvalue weighted by molar-refractivity contribution is 0.0617. The number of aromatic nitrogens is 3. The molecule has 1 aliphatic heterocycles. The molecule has 0 radical (unpaired) electrons. The summed E-state index contributed by atoms with van der Waals surface area (Å²) < 4.78 is 9.28. The zero-order valence-corrected chi connectivity index (χ0v) is 15.6. The van der Waals surface area contributed by atoms with Crippen molar-refractivity contribution in [3.63, 3.8) is 0 Å². The monoisotopic (exact) mass is 365 g/mol. The normalized spacial score (nSPS) is 15.3. The van der Waals surface area contributed by atoms with Crippen molar-refractivity contribution in [3.05, 3.63) is 51.9 Å². The maximum absolute atomic E-state index is 12.1. The molecule has 0 saturated carbocycles. The van der Waals surface area contributed by atoms with E-state index in [0.29, 0.717) is 17.0 Å². The number of ether oxygens (including phenoxy) is 1. The third-order valence-corrected chi connectivity index (χ3v) is 5.31. The van der Waals surface area contributed by atoms with E-state index in [1.165, 1.54) is 0 Å². The topological polar surface area (TPSA) is 66.1 Å². The summed E-state index contributed by atoms with van der Waals surface area (Å²) in [6.45, 7) is 4.21. The minimum atomic E-state index is -0.00548. The second kappa shape index (κ2) is 7.12. The van der Waals surface area contributed by atoms with E-state index >= 15 is 0 Å². The molecule has 0 atom stereocenters. The van der Waals surface area contributed by atoms with Gasteiger partial charge in [0.05, 0.1) is 11.0 Å². The number of carbonyl (C=O) groups is 1. The van der Waals surface area contributed by atoms with Crippen LogP contribution in [0.1, 0.15) is 28.8 Å². The van der Waals surface area contributed by atoms with E-state index in [1.807, 2.05) is 31.3 Å². The van der Waals surface area contributed by atoms with E-state index in [-0.39, 0.29) is 5.56 Å². The molecule has 1 aliphatic rings. The molecule has 4 rings (SSSR count). The highest BCUT2D eigenvalue weighted by Gasteiger charge is 2.20. The molecule has 6 heteroatoms. The Morgan fingerprint density at radius 3 is 2.74 bits per heavy atom. The van der Waals surface area contributed by atoms with Gasteiger partial charge in [-0.25, -0.2) is 4.98 Å². The summed E-state index contributed by atoms with van der Waals surface area (Å²) in [5.74, 6) is 1.33. The lowest BCUT2D eigenvalue weighted by Gasteiger charge is -2.23.